The van der Waals surface area contributed by atoms with Gasteiger partial charge in [0.25, 0.3) is 11.8 Å². The molecule has 0 radical (unpaired) electrons. The molecule has 0 unspecified atom stereocenters. The van der Waals surface area contributed by atoms with E-state index in [1.165, 1.54) is 6.07 Å². The Kier molecular flexibility index (Phi) is 7.01. The van der Waals surface area contributed by atoms with Crippen molar-refractivity contribution in [3.63, 3.8) is 0 Å². The zero-order chi connectivity index (χ0) is 20.8. The SMILES string of the molecule is O=C(NCCO)c1ccc(C=C2CCN(C(=O)c3ccc(Cl)cc3)CC2)c(F)c1. The van der Waals surface area contributed by atoms with E-state index in [1.54, 1.807) is 47.4 Å². The van der Waals surface area contributed by atoms with Crippen LogP contribution in [0.2, 0.25) is 5.02 Å². The molecule has 0 atom stereocenters. The first-order valence-electron chi connectivity index (χ1n) is 9.41. The van der Waals surface area contributed by atoms with E-state index in [-0.39, 0.29) is 24.6 Å². The number of benzene rings is 2. The molecule has 1 fully saturated rings. The zero-order valence-corrected chi connectivity index (χ0v) is 16.6. The number of nitrogens with zero attached hydrogens (tertiary/aromatic N) is 1. The Morgan fingerprint density at radius 3 is 2.38 bits per heavy atom. The van der Waals surface area contributed by atoms with Gasteiger partial charge in [-0.05, 0) is 49.2 Å². The van der Waals surface area contributed by atoms with Crippen LogP contribution < -0.4 is 5.32 Å². The van der Waals surface area contributed by atoms with E-state index >= 15 is 0 Å². The van der Waals surface area contributed by atoms with E-state index in [0.29, 0.717) is 42.1 Å². The summed E-state index contributed by atoms with van der Waals surface area (Å²) in [5.74, 6) is -0.940. The van der Waals surface area contributed by atoms with Crippen molar-refractivity contribution in [3.05, 3.63) is 75.6 Å². The van der Waals surface area contributed by atoms with Crippen LogP contribution >= 0.6 is 11.6 Å². The van der Waals surface area contributed by atoms with Crippen molar-refractivity contribution < 1.29 is 19.1 Å². The van der Waals surface area contributed by atoms with Crippen molar-refractivity contribution in [2.24, 2.45) is 0 Å². The number of aliphatic hydroxyl groups excluding tert-OH is 1. The third-order valence-electron chi connectivity index (χ3n) is 4.80. The van der Waals surface area contributed by atoms with Gasteiger partial charge in [-0.1, -0.05) is 29.3 Å². The molecule has 0 aromatic heterocycles. The summed E-state index contributed by atoms with van der Waals surface area (Å²) in [7, 11) is 0. The van der Waals surface area contributed by atoms with Crippen LogP contribution in [0.1, 0.15) is 39.1 Å². The summed E-state index contributed by atoms with van der Waals surface area (Å²) in [5, 5.41) is 11.8. The molecule has 0 aliphatic carbocycles. The highest BCUT2D eigenvalue weighted by atomic mass is 35.5. The number of halogens is 2. The van der Waals surface area contributed by atoms with Crippen molar-refractivity contribution in [2.45, 2.75) is 12.8 Å². The second-order valence-electron chi connectivity index (χ2n) is 6.82. The fourth-order valence-electron chi connectivity index (χ4n) is 3.19. The van der Waals surface area contributed by atoms with Gasteiger partial charge in [-0.25, -0.2) is 4.39 Å². The molecule has 0 saturated carbocycles. The minimum absolute atomic E-state index is 0.0369. The highest BCUT2D eigenvalue weighted by Gasteiger charge is 2.20. The Morgan fingerprint density at radius 2 is 1.76 bits per heavy atom. The van der Waals surface area contributed by atoms with Crippen LogP contribution in [-0.4, -0.2) is 48.1 Å². The highest BCUT2D eigenvalue weighted by molar-refractivity contribution is 6.30. The Morgan fingerprint density at radius 1 is 1.10 bits per heavy atom. The molecule has 3 rings (SSSR count). The maximum Gasteiger partial charge on any atom is 0.253 e. The van der Waals surface area contributed by atoms with Gasteiger partial charge in [0.2, 0.25) is 0 Å². The standard InChI is InChI=1S/C22H22ClFN2O3/c23-19-5-3-16(4-6-19)22(29)26-10-7-15(8-11-26)13-17-1-2-18(14-20(17)24)21(28)25-9-12-27/h1-6,13-14,27H,7-12H2,(H,25,28). The average molecular weight is 417 g/mol. The summed E-state index contributed by atoms with van der Waals surface area (Å²) in [4.78, 5) is 26.2. The zero-order valence-electron chi connectivity index (χ0n) is 15.8. The Balaban J connectivity index is 1.62. The molecule has 2 N–H and O–H groups in total. The number of carbonyl (C=O) groups excluding carboxylic acids is 2. The topological polar surface area (TPSA) is 69.6 Å². The molecule has 1 aliphatic rings. The second kappa shape index (κ2) is 9.67. The summed E-state index contributed by atoms with van der Waals surface area (Å²) in [5.41, 5.74) is 2.28. The first kappa shape index (κ1) is 21.0. The third kappa shape index (κ3) is 5.43. The number of nitrogens with one attached hydrogen (secondary N) is 1. The van der Waals surface area contributed by atoms with Crippen molar-refractivity contribution >= 4 is 29.5 Å². The van der Waals surface area contributed by atoms with E-state index in [0.717, 1.165) is 5.57 Å². The molecule has 0 bridgehead atoms. The van der Waals surface area contributed by atoms with Gasteiger partial charge in [0, 0.05) is 41.3 Å². The molecule has 2 aromatic carbocycles. The Bertz CT molecular complexity index is 918. The quantitative estimate of drug-likeness (QED) is 0.783. The molecule has 152 valence electrons. The molecule has 1 aliphatic heterocycles. The molecule has 0 spiro atoms. The van der Waals surface area contributed by atoms with E-state index in [4.69, 9.17) is 16.7 Å². The summed E-state index contributed by atoms with van der Waals surface area (Å²) in [6.07, 6.45) is 3.11. The van der Waals surface area contributed by atoms with Crippen molar-refractivity contribution in [3.8, 4) is 0 Å². The summed E-state index contributed by atoms with van der Waals surface area (Å²) in [6, 6.07) is 11.1. The number of carbonyl (C=O) groups is 2. The summed E-state index contributed by atoms with van der Waals surface area (Å²) >= 11 is 5.87. The number of amides is 2. The van der Waals surface area contributed by atoms with Crippen molar-refractivity contribution in [2.75, 3.05) is 26.2 Å². The average Bonchev–Trinajstić information content (AvgIpc) is 2.74. The molecule has 29 heavy (non-hydrogen) atoms. The van der Waals surface area contributed by atoms with Crippen molar-refractivity contribution in [1.29, 1.82) is 0 Å². The molecule has 7 heteroatoms. The lowest BCUT2D eigenvalue weighted by Gasteiger charge is -2.28. The molecule has 2 aromatic rings. The number of likely N-dealkylation sites (tertiary alicyclic amines) is 1. The predicted molar refractivity (Wildman–Crippen MR) is 110 cm³/mol. The maximum absolute atomic E-state index is 14.4. The van der Waals surface area contributed by atoms with Crippen molar-refractivity contribution in [1.82, 2.24) is 10.2 Å². The third-order valence-corrected chi connectivity index (χ3v) is 5.06. The van der Waals surface area contributed by atoms with E-state index in [9.17, 15) is 14.0 Å². The van der Waals surface area contributed by atoms with Crippen LogP contribution in [0.25, 0.3) is 6.08 Å². The number of hydrogen-bond donors (Lipinski definition) is 2. The summed E-state index contributed by atoms with van der Waals surface area (Å²) in [6.45, 7) is 1.08. The first-order valence-corrected chi connectivity index (χ1v) is 9.78. The van der Waals surface area contributed by atoms with Crippen LogP contribution in [0.15, 0.2) is 48.0 Å². The van der Waals surface area contributed by atoms with Gasteiger partial charge >= 0.3 is 0 Å². The molecular formula is C22H22ClFN2O3. The van der Waals surface area contributed by atoms with Gasteiger partial charge in [-0.2, -0.15) is 0 Å². The van der Waals surface area contributed by atoms with Gasteiger partial charge in [0.05, 0.1) is 6.61 Å². The van der Waals surface area contributed by atoms with Crippen LogP contribution in [0.4, 0.5) is 4.39 Å². The van der Waals surface area contributed by atoms with E-state index in [2.05, 4.69) is 5.32 Å². The van der Waals surface area contributed by atoms with Gasteiger partial charge < -0.3 is 15.3 Å². The van der Waals surface area contributed by atoms with Crippen LogP contribution in [-0.2, 0) is 0 Å². The highest BCUT2D eigenvalue weighted by Crippen LogP contribution is 2.23. The molecule has 1 heterocycles. The van der Waals surface area contributed by atoms with Crippen LogP contribution in [0.5, 0.6) is 0 Å². The minimum atomic E-state index is -0.478. The fourth-order valence-corrected chi connectivity index (χ4v) is 3.32. The fraction of sp³-hybridized carbons (Fsp3) is 0.273. The number of aliphatic hydroxyl groups is 1. The van der Waals surface area contributed by atoms with E-state index < -0.39 is 11.7 Å². The Labute approximate surface area is 173 Å². The lowest BCUT2D eigenvalue weighted by Crippen LogP contribution is -2.36. The first-order chi connectivity index (χ1) is 14.0. The lowest BCUT2D eigenvalue weighted by atomic mass is 9.99. The van der Waals surface area contributed by atoms with Crippen LogP contribution in [0.3, 0.4) is 0 Å². The monoisotopic (exact) mass is 416 g/mol. The number of hydrogen-bond acceptors (Lipinski definition) is 3. The summed E-state index contributed by atoms with van der Waals surface area (Å²) < 4.78 is 14.4. The van der Waals surface area contributed by atoms with Crippen LogP contribution in [0, 0.1) is 5.82 Å². The number of piperidine rings is 1. The van der Waals surface area contributed by atoms with Gasteiger partial charge in [0.1, 0.15) is 5.82 Å². The maximum atomic E-state index is 14.4. The predicted octanol–water partition coefficient (Wildman–Crippen LogP) is 3.52. The van der Waals surface area contributed by atoms with Gasteiger partial charge in [-0.3, -0.25) is 9.59 Å². The molecule has 5 nitrogen and oxygen atoms in total. The van der Waals surface area contributed by atoms with Gasteiger partial charge in [0.15, 0.2) is 0 Å². The Hall–Kier alpha value is -2.70. The molecule has 1 saturated heterocycles. The second-order valence-corrected chi connectivity index (χ2v) is 7.25. The number of rotatable bonds is 5. The smallest absolute Gasteiger partial charge is 0.253 e. The minimum Gasteiger partial charge on any atom is -0.395 e. The largest absolute Gasteiger partial charge is 0.395 e. The normalized spacial score (nSPS) is 13.9. The lowest BCUT2D eigenvalue weighted by molar-refractivity contribution is 0.0743. The molecular weight excluding hydrogens is 395 g/mol. The molecule has 2 amide bonds. The van der Waals surface area contributed by atoms with E-state index in [1.807, 2.05) is 0 Å². The van der Waals surface area contributed by atoms with Gasteiger partial charge in [-0.15, -0.1) is 0 Å².